The number of ether oxygens (including phenoxy) is 1. The van der Waals surface area contributed by atoms with Crippen molar-refractivity contribution in [3.8, 4) is 5.75 Å². The van der Waals surface area contributed by atoms with Gasteiger partial charge in [0, 0.05) is 12.0 Å². The van der Waals surface area contributed by atoms with Crippen molar-refractivity contribution in [1.29, 1.82) is 0 Å². The first-order valence-electron chi connectivity index (χ1n) is 6.00. The van der Waals surface area contributed by atoms with Crippen molar-refractivity contribution in [2.75, 3.05) is 6.61 Å². The molecule has 19 heavy (non-hydrogen) atoms. The minimum absolute atomic E-state index is 0.305. The largest absolute Gasteiger partial charge is 0.493 e. The average Bonchev–Trinajstić information content (AvgIpc) is 2.88. The lowest BCUT2D eigenvalue weighted by Gasteiger charge is -2.13. The predicted octanol–water partition coefficient (Wildman–Crippen LogP) is 4.38. The summed E-state index contributed by atoms with van der Waals surface area (Å²) in [7, 11) is 0. The summed E-state index contributed by atoms with van der Waals surface area (Å²) < 4.78 is 32.5. The molecule has 0 amide bonds. The van der Waals surface area contributed by atoms with Crippen LogP contribution in [0.3, 0.4) is 0 Å². The van der Waals surface area contributed by atoms with Gasteiger partial charge in [-0.15, -0.1) is 0 Å². The average molecular weight is 325 g/mol. The van der Waals surface area contributed by atoms with Gasteiger partial charge in [0.1, 0.15) is 5.75 Å². The molecule has 0 aliphatic carbocycles. The fraction of sp³-hybridized carbons (Fsp3) is 0.200. The first kappa shape index (κ1) is 12.6. The van der Waals surface area contributed by atoms with Crippen molar-refractivity contribution in [2.45, 2.75) is 11.2 Å². The highest BCUT2D eigenvalue weighted by Crippen LogP contribution is 2.36. The second kappa shape index (κ2) is 4.93. The molecule has 0 N–H and O–H groups in total. The number of benzene rings is 2. The van der Waals surface area contributed by atoms with Crippen LogP contribution in [0.15, 0.2) is 36.4 Å². The Labute approximate surface area is 118 Å². The highest BCUT2D eigenvalue weighted by molar-refractivity contribution is 9.09. The molecule has 0 aromatic heterocycles. The van der Waals surface area contributed by atoms with E-state index in [1.54, 1.807) is 6.07 Å². The Bertz CT molecular complexity index is 628. The minimum Gasteiger partial charge on any atom is -0.493 e. The van der Waals surface area contributed by atoms with Crippen molar-refractivity contribution in [1.82, 2.24) is 0 Å². The van der Waals surface area contributed by atoms with Crippen molar-refractivity contribution >= 4 is 15.9 Å². The molecule has 0 bridgehead atoms. The lowest BCUT2D eigenvalue weighted by atomic mass is 10.0. The topological polar surface area (TPSA) is 9.23 Å². The molecule has 0 fully saturated rings. The van der Waals surface area contributed by atoms with Gasteiger partial charge in [-0.1, -0.05) is 40.2 Å². The van der Waals surface area contributed by atoms with Gasteiger partial charge in [-0.05, 0) is 23.3 Å². The molecule has 4 heteroatoms. The van der Waals surface area contributed by atoms with Gasteiger partial charge in [0.25, 0.3) is 0 Å². The molecule has 0 radical (unpaired) electrons. The third kappa shape index (κ3) is 2.25. The molecule has 1 aliphatic heterocycles. The lowest BCUT2D eigenvalue weighted by molar-refractivity contribution is 0.357. The van der Waals surface area contributed by atoms with Crippen LogP contribution in [0.1, 0.15) is 21.5 Å². The number of halogens is 3. The van der Waals surface area contributed by atoms with Crippen molar-refractivity contribution in [3.05, 3.63) is 64.7 Å². The van der Waals surface area contributed by atoms with Gasteiger partial charge in [0.2, 0.25) is 0 Å². The minimum atomic E-state index is -0.827. The number of hydrogen-bond donors (Lipinski definition) is 0. The highest BCUT2D eigenvalue weighted by atomic mass is 79.9. The fourth-order valence-electron chi connectivity index (χ4n) is 2.26. The van der Waals surface area contributed by atoms with Crippen LogP contribution in [0.4, 0.5) is 8.78 Å². The summed E-state index contributed by atoms with van der Waals surface area (Å²) in [5, 5.41) is 0. The van der Waals surface area contributed by atoms with Crippen LogP contribution in [0, 0.1) is 11.6 Å². The molecule has 3 rings (SSSR count). The maximum atomic E-state index is 13.8. The van der Waals surface area contributed by atoms with Crippen molar-refractivity contribution in [2.24, 2.45) is 0 Å². The number of hydrogen-bond acceptors (Lipinski definition) is 1. The predicted molar refractivity (Wildman–Crippen MR) is 72.8 cm³/mol. The number of rotatable bonds is 2. The zero-order chi connectivity index (χ0) is 13.4. The van der Waals surface area contributed by atoms with E-state index in [-0.39, 0.29) is 4.83 Å². The van der Waals surface area contributed by atoms with Crippen LogP contribution in [0.2, 0.25) is 0 Å². The third-order valence-electron chi connectivity index (χ3n) is 3.26. The second-order valence-electron chi connectivity index (χ2n) is 4.47. The lowest BCUT2D eigenvalue weighted by Crippen LogP contribution is -1.99. The number of fused-ring (bicyclic) bond motifs is 1. The Balaban J connectivity index is 2.00. The van der Waals surface area contributed by atoms with E-state index < -0.39 is 11.6 Å². The van der Waals surface area contributed by atoms with Crippen LogP contribution < -0.4 is 4.74 Å². The van der Waals surface area contributed by atoms with Gasteiger partial charge < -0.3 is 4.74 Å². The summed E-state index contributed by atoms with van der Waals surface area (Å²) in [6.45, 7) is 0.681. The molecule has 1 unspecified atom stereocenters. The van der Waals surface area contributed by atoms with Crippen molar-refractivity contribution < 1.29 is 13.5 Å². The monoisotopic (exact) mass is 324 g/mol. The maximum Gasteiger partial charge on any atom is 0.163 e. The summed E-state index contributed by atoms with van der Waals surface area (Å²) in [5.41, 5.74) is 2.31. The van der Waals surface area contributed by atoms with E-state index in [4.69, 9.17) is 4.74 Å². The fourth-order valence-corrected chi connectivity index (χ4v) is 2.90. The molecule has 2 aromatic rings. The molecule has 1 atom stereocenters. The Hall–Kier alpha value is -1.42. The van der Waals surface area contributed by atoms with Crippen molar-refractivity contribution in [3.63, 3.8) is 0 Å². The zero-order valence-corrected chi connectivity index (χ0v) is 11.6. The summed E-state index contributed by atoms with van der Waals surface area (Å²) in [4.78, 5) is -0.367. The summed E-state index contributed by atoms with van der Waals surface area (Å²) >= 11 is 3.44. The normalized spacial score (nSPS) is 14.9. The van der Waals surface area contributed by atoms with Gasteiger partial charge in [0.15, 0.2) is 11.6 Å². The molecular weight excluding hydrogens is 314 g/mol. The van der Waals surface area contributed by atoms with Gasteiger partial charge >= 0.3 is 0 Å². The smallest absolute Gasteiger partial charge is 0.163 e. The molecule has 0 saturated carbocycles. The first-order chi connectivity index (χ1) is 9.16. The molecule has 1 aliphatic rings. The molecule has 0 saturated heterocycles. The molecule has 0 spiro atoms. The summed E-state index contributed by atoms with van der Waals surface area (Å²) in [6.07, 6.45) is 0.856. The van der Waals surface area contributed by atoms with E-state index in [0.717, 1.165) is 29.4 Å². The summed E-state index contributed by atoms with van der Waals surface area (Å²) in [5.74, 6) is -0.754. The van der Waals surface area contributed by atoms with E-state index in [9.17, 15) is 8.78 Å². The van der Waals surface area contributed by atoms with E-state index in [1.807, 2.05) is 18.2 Å². The molecular formula is C15H11BrF2O. The molecule has 1 nitrogen and oxygen atoms in total. The van der Waals surface area contributed by atoms with E-state index >= 15 is 0 Å². The molecule has 1 heterocycles. The SMILES string of the molecule is Fc1cccc(C(Br)c2ccc3c(c2)CCO3)c1F. The van der Waals surface area contributed by atoms with Gasteiger partial charge in [0.05, 0.1) is 11.4 Å². The van der Waals surface area contributed by atoms with Crippen LogP contribution in [0.5, 0.6) is 5.75 Å². The number of alkyl halides is 1. The maximum absolute atomic E-state index is 13.8. The zero-order valence-electron chi connectivity index (χ0n) is 10.00. The van der Waals surface area contributed by atoms with E-state index in [2.05, 4.69) is 15.9 Å². The first-order valence-corrected chi connectivity index (χ1v) is 6.92. The summed E-state index contributed by atoms with van der Waals surface area (Å²) in [6, 6.07) is 9.94. The highest BCUT2D eigenvalue weighted by Gasteiger charge is 2.20. The van der Waals surface area contributed by atoms with Gasteiger partial charge in [-0.3, -0.25) is 0 Å². The molecule has 98 valence electrons. The van der Waals surface area contributed by atoms with E-state index in [0.29, 0.717) is 12.2 Å². The Morgan fingerprint density at radius 3 is 2.84 bits per heavy atom. The quantitative estimate of drug-likeness (QED) is 0.745. The van der Waals surface area contributed by atoms with Crippen LogP contribution in [-0.2, 0) is 6.42 Å². The van der Waals surface area contributed by atoms with Gasteiger partial charge in [-0.25, -0.2) is 8.78 Å². The van der Waals surface area contributed by atoms with Gasteiger partial charge in [-0.2, -0.15) is 0 Å². The van der Waals surface area contributed by atoms with Crippen LogP contribution >= 0.6 is 15.9 Å². The standard InChI is InChI=1S/C15H11BrF2O/c16-14(11-2-1-3-12(17)15(11)18)10-4-5-13-9(8-10)6-7-19-13/h1-5,8,14H,6-7H2. The Morgan fingerprint density at radius 2 is 2.00 bits per heavy atom. The Kier molecular flexibility index (Phi) is 3.27. The van der Waals surface area contributed by atoms with E-state index in [1.165, 1.54) is 6.07 Å². The molecule has 2 aromatic carbocycles. The Morgan fingerprint density at radius 1 is 1.16 bits per heavy atom. The second-order valence-corrected chi connectivity index (χ2v) is 5.39. The van der Waals surface area contributed by atoms with Crippen LogP contribution in [-0.4, -0.2) is 6.61 Å². The van der Waals surface area contributed by atoms with Crippen LogP contribution in [0.25, 0.3) is 0 Å². The third-order valence-corrected chi connectivity index (χ3v) is 4.28.